The summed E-state index contributed by atoms with van der Waals surface area (Å²) in [6, 6.07) is 9.31. The van der Waals surface area contributed by atoms with Gasteiger partial charge >= 0.3 is 0 Å². The summed E-state index contributed by atoms with van der Waals surface area (Å²) in [6.45, 7) is 0.739. The first kappa shape index (κ1) is 22.5. The molecule has 2 aromatic carbocycles. The molecule has 4 rings (SSSR count). The van der Waals surface area contributed by atoms with Gasteiger partial charge in [-0.15, -0.1) is 0 Å². The Balaban J connectivity index is 1.76. The number of hydrogen-bond acceptors (Lipinski definition) is 5. The molecule has 7 nitrogen and oxygen atoms in total. The van der Waals surface area contributed by atoms with Crippen molar-refractivity contribution in [2.75, 3.05) is 13.7 Å². The van der Waals surface area contributed by atoms with E-state index in [0.717, 1.165) is 0 Å². The van der Waals surface area contributed by atoms with Gasteiger partial charge in [0, 0.05) is 36.6 Å². The van der Waals surface area contributed by atoms with Crippen LogP contribution in [0, 0.1) is 5.82 Å². The number of aliphatic hydroxyl groups excluding tert-OH is 1. The van der Waals surface area contributed by atoms with E-state index in [-0.39, 0.29) is 28.3 Å². The molecule has 0 bridgehead atoms. The SMILES string of the molecule is COc1ccc(/C(O)=C2\C(=O)C(=O)N(CCCn3ccnc3)[C@H]2c2ccccc2F)cc1Cl. The third-order valence-electron chi connectivity index (χ3n) is 5.54. The molecule has 3 aromatic rings. The van der Waals surface area contributed by atoms with Crippen molar-refractivity contribution in [2.45, 2.75) is 19.0 Å². The summed E-state index contributed by atoms with van der Waals surface area (Å²) in [5.41, 5.74) is 0.160. The van der Waals surface area contributed by atoms with Crippen molar-refractivity contribution in [2.24, 2.45) is 0 Å². The number of aromatic nitrogens is 2. The summed E-state index contributed by atoms with van der Waals surface area (Å²) in [4.78, 5) is 31.3. The Bertz CT molecular complexity index is 1230. The van der Waals surface area contributed by atoms with E-state index in [1.165, 1.54) is 48.4 Å². The van der Waals surface area contributed by atoms with Crippen molar-refractivity contribution < 1.29 is 23.8 Å². The summed E-state index contributed by atoms with van der Waals surface area (Å²) < 4.78 is 21.8. The van der Waals surface area contributed by atoms with Gasteiger partial charge in [-0.25, -0.2) is 9.37 Å². The molecular formula is C24H21ClFN3O4. The molecule has 9 heteroatoms. The number of carbonyl (C=O) groups excluding carboxylic acids is 2. The van der Waals surface area contributed by atoms with Crippen LogP contribution in [0.4, 0.5) is 4.39 Å². The molecule has 2 heterocycles. The summed E-state index contributed by atoms with van der Waals surface area (Å²) in [6.07, 6.45) is 5.58. The number of hydrogen-bond donors (Lipinski definition) is 1. The number of Topliss-reactive ketones (excluding diaryl/α,β-unsaturated/α-hetero) is 1. The third kappa shape index (κ3) is 4.34. The fourth-order valence-corrected chi connectivity index (χ4v) is 4.20. The number of aliphatic hydroxyl groups is 1. The molecule has 33 heavy (non-hydrogen) atoms. The Morgan fingerprint density at radius 3 is 2.67 bits per heavy atom. The number of rotatable bonds is 7. The van der Waals surface area contributed by atoms with Crippen LogP contribution in [0.3, 0.4) is 0 Å². The lowest BCUT2D eigenvalue weighted by molar-refractivity contribution is -0.140. The third-order valence-corrected chi connectivity index (χ3v) is 5.83. The van der Waals surface area contributed by atoms with Crippen LogP contribution < -0.4 is 4.74 Å². The second-order valence-electron chi connectivity index (χ2n) is 7.52. The second-order valence-corrected chi connectivity index (χ2v) is 7.92. The lowest BCUT2D eigenvalue weighted by Gasteiger charge is -2.25. The quantitative estimate of drug-likeness (QED) is 0.318. The number of carbonyl (C=O) groups is 2. The fourth-order valence-electron chi connectivity index (χ4n) is 3.94. The number of amides is 1. The number of ether oxygens (including phenoxy) is 1. The van der Waals surface area contributed by atoms with E-state index < -0.39 is 29.3 Å². The van der Waals surface area contributed by atoms with Gasteiger partial charge in [-0.05, 0) is 30.7 Å². The smallest absolute Gasteiger partial charge is 0.295 e. The Labute approximate surface area is 194 Å². The first-order valence-corrected chi connectivity index (χ1v) is 10.6. The van der Waals surface area contributed by atoms with Gasteiger partial charge in [0.2, 0.25) is 0 Å². The topological polar surface area (TPSA) is 84.7 Å². The molecule has 1 saturated heterocycles. The molecule has 170 valence electrons. The molecule has 0 spiro atoms. The first-order chi connectivity index (χ1) is 15.9. The van der Waals surface area contributed by atoms with Gasteiger partial charge in [0.15, 0.2) is 0 Å². The predicted molar refractivity (Wildman–Crippen MR) is 120 cm³/mol. The van der Waals surface area contributed by atoms with Crippen molar-refractivity contribution in [1.29, 1.82) is 0 Å². The monoisotopic (exact) mass is 469 g/mol. The van der Waals surface area contributed by atoms with E-state index in [0.29, 0.717) is 18.7 Å². The molecule has 1 aliphatic heterocycles. The predicted octanol–water partition coefficient (Wildman–Crippen LogP) is 4.20. The highest BCUT2D eigenvalue weighted by molar-refractivity contribution is 6.46. The molecule has 1 aliphatic rings. The molecule has 0 saturated carbocycles. The minimum Gasteiger partial charge on any atom is -0.507 e. The van der Waals surface area contributed by atoms with Crippen LogP contribution >= 0.6 is 11.6 Å². The van der Waals surface area contributed by atoms with Gasteiger partial charge in [0.1, 0.15) is 17.3 Å². The molecule has 1 fully saturated rings. The Kier molecular flexibility index (Phi) is 6.46. The highest BCUT2D eigenvalue weighted by Gasteiger charge is 2.46. The lowest BCUT2D eigenvalue weighted by Crippen LogP contribution is -2.31. The van der Waals surface area contributed by atoms with E-state index in [2.05, 4.69) is 4.98 Å². The zero-order valence-corrected chi connectivity index (χ0v) is 18.5. The minimum absolute atomic E-state index is 0.125. The summed E-state index contributed by atoms with van der Waals surface area (Å²) >= 11 is 6.18. The Morgan fingerprint density at radius 2 is 2.00 bits per heavy atom. The van der Waals surface area contributed by atoms with E-state index in [4.69, 9.17) is 16.3 Å². The van der Waals surface area contributed by atoms with Crippen LogP contribution in [0.5, 0.6) is 5.75 Å². The second kappa shape index (κ2) is 9.46. The molecule has 1 N–H and O–H groups in total. The highest BCUT2D eigenvalue weighted by Crippen LogP contribution is 2.41. The molecule has 0 radical (unpaired) electrons. The van der Waals surface area contributed by atoms with Crippen LogP contribution in [0.2, 0.25) is 5.02 Å². The Morgan fingerprint density at radius 1 is 1.21 bits per heavy atom. The number of halogens is 2. The van der Waals surface area contributed by atoms with Crippen molar-refractivity contribution in [3.63, 3.8) is 0 Å². The zero-order valence-electron chi connectivity index (χ0n) is 17.7. The van der Waals surface area contributed by atoms with Crippen LogP contribution in [-0.4, -0.2) is 44.9 Å². The van der Waals surface area contributed by atoms with Gasteiger partial charge in [-0.3, -0.25) is 9.59 Å². The molecule has 0 aliphatic carbocycles. The van der Waals surface area contributed by atoms with Crippen molar-refractivity contribution in [1.82, 2.24) is 14.5 Å². The number of nitrogens with zero attached hydrogens (tertiary/aromatic N) is 3. The van der Waals surface area contributed by atoms with Gasteiger partial charge in [-0.2, -0.15) is 0 Å². The van der Waals surface area contributed by atoms with Crippen molar-refractivity contribution in [3.05, 3.63) is 88.7 Å². The number of ketones is 1. The molecule has 1 aromatic heterocycles. The number of imidazole rings is 1. The summed E-state index contributed by atoms with van der Waals surface area (Å²) in [5, 5.41) is 11.3. The average molecular weight is 470 g/mol. The molecule has 1 amide bonds. The minimum atomic E-state index is -1.07. The summed E-state index contributed by atoms with van der Waals surface area (Å²) in [5.74, 6) is -2.30. The van der Waals surface area contributed by atoms with Crippen LogP contribution in [0.15, 0.2) is 66.8 Å². The number of methoxy groups -OCH3 is 1. The maximum absolute atomic E-state index is 14.8. The first-order valence-electron chi connectivity index (χ1n) is 10.2. The lowest BCUT2D eigenvalue weighted by atomic mass is 9.95. The average Bonchev–Trinajstić information content (AvgIpc) is 3.41. The standard InChI is InChI=1S/C24H21ClFN3O4/c1-33-19-8-7-15(13-17(19)25)22(30)20-21(16-5-2-3-6-18(16)26)29(24(32)23(20)31)11-4-10-28-12-9-27-14-28/h2-3,5-9,12-14,21,30H,4,10-11H2,1H3/b22-20+/t21-/m0/s1. The van der Waals surface area contributed by atoms with Crippen molar-refractivity contribution >= 4 is 29.1 Å². The maximum Gasteiger partial charge on any atom is 0.295 e. The maximum atomic E-state index is 14.8. The molecule has 0 unspecified atom stereocenters. The van der Waals surface area contributed by atoms with Gasteiger partial charge in [0.25, 0.3) is 11.7 Å². The van der Waals surface area contributed by atoms with E-state index in [1.807, 2.05) is 4.57 Å². The largest absolute Gasteiger partial charge is 0.507 e. The number of aryl methyl sites for hydroxylation is 1. The van der Waals surface area contributed by atoms with Crippen LogP contribution in [-0.2, 0) is 16.1 Å². The van der Waals surface area contributed by atoms with Crippen LogP contribution in [0.25, 0.3) is 5.76 Å². The highest BCUT2D eigenvalue weighted by atomic mass is 35.5. The molecular weight excluding hydrogens is 449 g/mol. The van der Waals surface area contributed by atoms with Gasteiger partial charge < -0.3 is 19.3 Å². The fraction of sp³-hybridized carbons (Fsp3) is 0.208. The van der Waals surface area contributed by atoms with E-state index in [1.54, 1.807) is 24.8 Å². The molecule has 1 atom stereocenters. The van der Waals surface area contributed by atoms with Crippen LogP contribution in [0.1, 0.15) is 23.6 Å². The Hall–Kier alpha value is -3.65. The van der Waals surface area contributed by atoms with Gasteiger partial charge in [0.05, 0.1) is 30.1 Å². The zero-order chi connectivity index (χ0) is 23.5. The number of likely N-dealkylation sites (tertiary alicyclic amines) is 1. The summed E-state index contributed by atoms with van der Waals surface area (Å²) in [7, 11) is 1.45. The van der Waals surface area contributed by atoms with E-state index >= 15 is 0 Å². The number of benzene rings is 2. The van der Waals surface area contributed by atoms with Gasteiger partial charge in [-0.1, -0.05) is 29.8 Å². The van der Waals surface area contributed by atoms with Crippen molar-refractivity contribution in [3.8, 4) is 5.75 Å². The van der Waals surface area contributed by atoms with E-state index in [9.17, 15) is 19.1 Å². The normalized spacial score (nSPS) is 17.5.